The average Bonchev–Trinajstić information content (AvgIpc) is 2.47. The molecule has 134 valence electrons. The molecule has 2 aliphatic heterocycles. The molecule has 0 bridgehead atoms. The molecule has 23 heavy (non-hydrogen) atoms. The fourth-order valence-corrected chi connectivity index (χ4v) is 4.93. The number of amides is 1. The Morgan fingerprint density at radius 3 is 2.57 bits per heavy atom. The van der Waals surface area contributed by atoms with Crippen LogP contribution in [-0.2, 0) is 24.3 Å². The molecule has 2 heterocycles. The summed E-state index contributed by atoms with van der Waals surface area (Å²) in [6.45, 7) is 4.31. The van der Waals surface area contributed by atoms with Gasteiger partial charge in [0, 0.05) is 39.4 Å². The van der Waals surface area contributed by atoms with Crippen LogP contribution in [0.15, 0.2) is 0 Å². The fraction of sp³-hybridized carbons (Fsp3) is 0.933. The summed E-state index contributed by atoms with van der Waals surface area (Å²) in [5, 5.41) is 0. The summed E-state index contributed by atoms with van der Waals surface area (Å²) in [7, 11) is -1.69. The summed E-state index contributed by atoms with van der Waals surface area (Å²) >= 11 is 0. The molecule has 0 N–H and O–H groups in total. The molecule has 8 heteroatoms. The summed E-state index contributed by atoms with van der Waals surface area (Å²) in [6, 6.07) is -0.00928. The van der Waals surface area contributed by atoms with Crippen LogP contribution in [0.5, 0.6) is 0 Å². The molecule has 2 aliphatic rings. The quantitative estimate of drug-likeness (QED) is 0.721. The lowest BCUT2D eigenvalue weighted by atomic mass is 9.82. The van der Waals surface area contributed by atoms with Crippen molar-refractivity contribution in [2.45, 2.75) is 44.2 Å². The minimum absolute atomic E-state index is 0.000954. The highest BCUT2D eigenvalue weighted by atomic mass is 32.2. The molecular weight excluding hydrogens is 320 g/mol. The predicted molar refractivity (Wildman–Crippen MR) is 86.6 cm³/mol. The first-order valence-corrected chi connectivity index (χ1v) is 10.0. The maximum atomic E-state index is 12.0. The molecule has 1 spiro atoms. The van der Waals surface area contributed by atoms with Crippen molar-refractivity contribution < 1.29 is 22.7 Å². The standard InChI is InChI=1S/C15H28N2O5S/c1-4-17(23(3,19)20)13-5-10-22-15(11-13)6-8-16(9-7-15)14(18)12-21-2/h13H,4-12H2,1-3H3/t13-/m0/s1. The van der Waals surface area contributed by atoms with Gasteiger partial charge in [0.15, 0.2) is 0 Å². The van der Waals surface area contributed by atoms with Crippen LogP contribution >= 0.6 is 0 Å². The Balaban J connectivity index is 2.00. The molecular formula is C15H28N2O5S. The van der Waals surface area contributed by atoms with Gasteiger partial charge in [-0.2, -0.15) is 4.31 Å². The number of hydrogen-bond donors (Lipinski definition) is 0. The van der Waals surface area contributed by atoms with E-state index >= 15 is 0 Å². The summed E-state index contributed by atoms with van der Waals surface area (Å²) in [5.74, 6) is 0.000954. The van der Waals surface area contributed by atoms with Crippen LogP contribution in [0.1, 0.15) is 32.6 Å². The predicted octanol–water partition coefficient (Wildman–Crippen LogP) is 0.455. The first kappa shape index (κ1) is 18.6. The molecule has 2 fully saturated rings. The second kappa shape index (κ2) is 7.46. The molecule has 2 saturated heterocycles. The average molecular weight is 348 g/mol. The lowest BCUT2D eigenvalue weighted by Gasteiger charge is -2.47. The highest BCUT2D eigenvalue weighted by Gasteiger charge is 2.43. The van der Waals surface area contributed by atoms with E-state index in [0.717, 1.165) is 19.3 Å². The van der Waals surface area contributed by atoms with Crippen molar-refractivity contribution in [1.82, 2.24) is 9.21 Å². The number of piperidine rings is 1. The summed E-state index contributed by atoms with van der Waals surface area (Å²) in [4.78, 5) is 13.7. The molecule has 1 amide bonds. The topological polar surface area (TPSA) is 76.2 Å². The monoisotopic (exact) mass is 348 g/mol. The van der Waals surface area contributed by atoms with Gasteiger partial charge in [0.25, 0.3) is 0 Å². The van der Waals surface area contributed by atoms with E-state index in [0.29, 0.717) is 32.7 Å². The van der Waals surface area contributed by atoms with E-state index in [1.54, 1.807) is 9.21 Å². The minimum atomic E-state index is -3.20. The maximum absolute atomic E-state index is 12.0. The Kier molecular flexibility index (Phi) is 6.05. The zero-order valence-corrected chi connectivity index (χ0v) is 15.1. The van der Waals surface area contributed by atoms with Gasteiger partial charge in [-0.3, -0.25) is 4.79 Å². The van der Waals surface area contributed by atoms with Gasteiger partial charge in [0.2, 0.25) is 15.9 Å². The maximum Gasteiger partial charge on any atom is 0.248 e. The molecule has 0 saturated carbocycles. The van der Waals surface area contributed by atoms with E-state index < -0.39 is 10.0 Å². The summed E-state index contributed by atoms with van der Waals surface area (Å²) in [6.07, 6.45) is 4.21. The van der Waals surface area contributed by atoms with Crippen LogP contribution in [0.2, 0.25) is 0 Å². The van der Waals surface area contributed by atoms with E-state index in [2.05, 4.69) is 0 Å². The number of rotatable bonds is 5. The Bertz CT molecular complexity index is 514. The number of carbonyl (C=O) groups excluding carboxylic acids is 1. The van der Waals surface area contributed by atoms with Crippen molar-refractivity contribution in [1.29, 1.82) is 0 Å². The van der Waals surface area contributed by atoms with Gasteiger partial charge in [-0.25, -0.2) is 8.42 Å². The van der Waals surface area contributed by atoms with Crippen molar-refractivity contribution in [2.24, 2.45) is 0 Å². The fourth-order valence-electron chi connectivity index (χ4n) is 3.74. The highest BCUT2D eigenvalue weighted by molar-refractivity contribution is 7.88. The van der Waals surface area contributed by atoms with Gasteiger partial charge in [0.1, 0.15) is 6.61 Å². The molecule has 2 rings (SSSR count). The van der Waals surface area contributed by atoms with Crippen LogP contribution in [0.4, 0.5) is 0 Å². The van der Waals surface area contributed by atoms with Crippen molar-refractivity contribution in [2.75, 3.05) is 46.2 Å². The number of methoxy groups -OCH3 is 1. The lowest BCUT2D eigenvalue weighted by molar-refractivity contribution is -0.149. The Hall–Kier alpha value is -0.700. The van der Waals surface area contributed by atoms with Crippen LogP contribution in [-0.4, -0.2) is 81.4 Å². The SMILES string of the molecule is CCN([C@H]1CCOC2(CCN(C(=O)COC)CC2)C1)S(C)(=O)=O. The van der Waals surface area contributed by atoms with Crippen molar-refractivity contribution in [3.05, 3.63) is 0 Å². The zero-order chi connectivity index (χ0) is 17.1. The van der Waals surface area contributed by atoms with Gasteiger partial charge >= 0.3 is 0 Å². The van der Waals surface area contributed by atoms with E-state index in [1.807, 2.05) is 6.92 Å². The van der Waals surface area contributed by atoms with E-state index in [-0.39, 0.29) is 24.2 Å². The molecule has 7 nitrogen and oxygen atoms in total. The Morgan fingerprint density at radius 2 is 2.04 bits per heavy atom. The summed E-state index contributed by atoms with van der Waals surface area (Å²) in [5.41, 5.74) is -0.301. The Morgan fingerprint density at radius 1 is 1.39 bits per heavy atom. The molecule has 0 radical (unpaired) electrons. The molecule has 0 unspecified atom stereocenters. The Labute approximate surface area is 139 Å². The number of nitrogens with zero attached hydrogens (tertiary/aromatic N) is 2. The second-order valence-corrected chi connectivity index (χ2v) is 8.39. The molecule has 0 aromatic carbocycles. The second-order valence-electron chi connectivity index (χ2n) is 6.46. The number of likely N-dealkylation sites (tertiary alicyclic amines) is 1. The first-order valence-electron chi connectivity index (χ1n) is 8.19. The number of hydrogen-bond acceptors (Lipinski definition) is 5. The smallest absolute Gasteiger partial charge is 0.248 e. The van der Waals surface area contributed by atoms with Gasteiger partial charge in [-0.15, -0.1) is 0 Å². The third-order valence-corrected chi connectivity index (χ3v) is 6.32. The summed E-state index contributed by atoms with van der Waals surface area (Å²) < 4.78 is 36.5. The van der Waals surface area contributed by atoms with E-state index in [9.17, 15) is 13.2 Å². The zero-order valence-electron chi connectivity index (χ0n) is 14.3. The normalized spacial score (nSPS) is 25.0. The van der Waals surface area contributed by atoms with Crippen LogP contribution in [0, 0.1) is 0 Å². The van der Waals surface area contributed by atoms with Crippen molar-refractivity contribution in [3.8, 4) is 0 Å². The molecule has 0 aliphatic carbocycles. The van der Waals surface area contributed by atoms with Gasteiger partial charge in [-0.05, 0) is 25.7 Å². The third kappa shape index (κ3) is 4.43. The van der Waals surface area contributed by atoms with Gasteiger partial charge in [-0.1, -0.05) is 6.92 Å². The van der Waals surface area contributed by atoms with Crippen molar-refractivity contribution in [3.63, 3.8) is 0 Å². The lowest BCUT2D eigenvalue weighted by Crippen LogP contribution is -2.55. The van der Waals surface area contributed by atoms with Crippen LogP contribution < -0.4 is 0 Å². The van der Waals surface area contributed by atoms with Crippen molar-refractivity contribution >= 4 is 15.9 Å². The third-order valence-electron chi connectivity index (χ3n) is 4.91. The van der Waals surface area contributed by atoms with Crippen LogP contribution in [0.3, 0.4) is 0 Å². The number of carbonyl (C=O) groups is 1. The highest BCUT2D eigenvalue weighted by Crippen LogP contribution is 2.37. The molecule has 0 aromatic rings. The number of sulfonamides is 1. The van der Waals surface area contributed by atoms with E-state index in [1.165, 1.54) is 13.4 Å². The largest absolute Gasteiger partial charge is 0.375 e. The molecule has 0 aromatic heterocycles. The molecule has 1 atom stereocenters. The van der Waals surface area contributed by atoms with E-state index in [4.69, 9.17) is 9.47 Å². The minimum Gasteiger partial charge on any atom is -0.375 e. The van der Waals surface area contributed by atoms with Crippen LogP contribution in [0.25, 0.3) is 0 Å². The number of ether oxygens (including phenoxy) is 2. The van der Waals surface area contributed by atoms with Gasteiger partial charge in [0.05, 0.1) is 11.9 Å². The van der Waals surface area contributed by atoms with Gasteiger partial charge < -0.3 is 14.4 Å². The first-order chi connectivity index (χ1) is 10.8.